The van der Waals surface area contributed by atoms with Crippen LogP contribution in [0.15, 0.2) is 30.7 Å². The molecule has 3 aromatic rings. The van der Waals surface area contributed by atoms with Crippen LogP contribution in [0.5, 0.6) is 0 Å². The van der Waals surface area contributed by atoms with Crippen LogP contribution in [0.1, 0.15) is 28.0 Å². The van der Waals surface area contributed by atoms with Crippen LogP contribution in [0.2, 0.25) is 0 Å². The molecular weight excluding hydrogens is 377 g/mol. The molecule has 1 saturated heterocycles. The van der Waals surface area contributed by atoms with Crippen molar-refractivity contribution in [1.82, 2.24) is 34.4 Å². The normalized spacial score (nSPS) is 16.8. The van der Waals surface area contributed by atoms with E-state index in [1.807, 2.05) is 52.4 Å². The highest BCUT2D eigenvalue weighted by Gasteiger charge is 2.31. The minimum Gasteiger partial charge on any atom is -0.336 e. The van der Waals surface area contributed by atoms with Crippen LogP contribution >= 0.6 is 24.8 Å². The van der Waals surface area contributed by atoms with Crippen LogP contribution in [-0.4, -0.2) is 54.6 Å². The van der Waals surface area contributed by atoms with Gasteiger partial charge in [-0.15, -0.1) is 35.0 Å². The van der Waals surface area contributed by atoms with Gasteiger partial charge < -0.3 is 14.8 Å². The zero-order valence-electron chi connectivity index (χ0n) is 14.5. The van der Waals surface area contributed by atoms with Crippen molar-refractivity contribution in [3.05, 3.63) is 47.9 Å². The molecule has 0 aliphatic carbocycles. The predicted octanol–water partition coefficient (Wildman–Crippen LogP) is 1.40. The molecule has 0 spiro atoms. The van der Waals surface area contributed by atoms with Crippen LogP contribution in [0.4, 0.5) is 0 Å². The molecule has 1 amide bonds. The first-order valence-electron chi connectivity index (χ1n) is 7.95. The molecule has 4 rings (SSSR count). The summed E-state index contributed by atoms with van der Waals surface area (Å²) in [6, 6.07) is 3.55. The molecule has 1 atom stereocenters. The van der Waals surface area contributed by atoms with Crippen molar-refractivity contribution in [2.45, 2.75) is 13.0 Å². The fourth-order valence-electron chi connectivity index (χ4n) is 3.17. The first-order chi connectivity index (χ1) is 11.6. The summed E-state index contributed by atoms with van der Waals surface area (Å²) in [5, 5.41) is 11.5. The SMILES string of the molecule is Cc1nnc2ccc(C(=O)N3CCNCC3c3nccn3C)cn12.Cl.Cl. The number of amides is 1. The number of nitrogens with zero attached hydrogens (tertiary/aromatic N) is 6. The van der Waals surface area contributed by atoms with Gasteiger partial charge in [-0.25, -0.2) is 4.98 Å². The van der Waals surface area contributed by atoms with Crippen molar-refractivity contribution in [1.29, 1.82) is 0 Å². The van der Waals surface area contributed by atoms with Gasteiger partial charge in [0.05, 0.1) is 5.56 Å². The summed E-state index contributed by atoms with van der Waals surface area (Å²) in [6.07, 6.45) is 5.48. The van der Waals surface area contributed by atoms with Crippen LogP contribution < -0.4 is 5.32 Å². The Balaban J connectivity index is 0.00000121. The third kappa shape index (κ3) is 3.40. The van der Waals surface area contributed by atoms with Gasteiger partial charge in [-0.05, 0) is 19.1 Å². The summed E-state index contributed by atoms with van der Waals surface area (Å²) < 4.78 is 3.80. The standard InChI is InChI=1S/C16H19N7O.2ClH/c1-11-19-20-14-4-3-12(10-23(11)14)16(24)22-8-5-17-9-13(22)15-18-6-7-21(15)2;;/h3-4,6-7,10,13,17H,5,8-9H2,1-2H3;2*1H. The highest BCUT2D eigenvalue weighted by atomic mass is 35.5. The van der Waals surface area contributed by atoms with Crippen molar-refractivity contribution >= 4 is 36.4 Å². The lowest BCUT2D eigenvalue weighted by Gasteiger charge is -2.35. The molecule has 10 heteroatoms. The third-order valence-corrected chi connectivity index (χ3v) is 4.48. The average molecular weight is 398 g/mol. The van der Waals surface area contributed by atoms with Gasteiger partial charge in [0.2, 0.25) is 0 Å². The molecule has 0 aromatic carbocycles. The van der Waals surface area contributed by atoms with E-state index in [0.717, 1.165) is 23.8 Å². The molecule has 1 aliphatic rings. The highest BCUT2D eigenvalue weighted by Crippen LogP contribution is 2.23. The Morgan fingerprint density at radius 1 is 1.27 bits per heavy atom. The number of carbonyl (C=O) groups is 1. The largest absolute Gasteiger partial charge is 0.336 e. The van der Waals surface area contributed by atoms with E-state index in [0.29, 0.717) is 18.7 Å². The first kappa shape index (κ1) is 20.2. The van der Waals surface area contributed by atoms with E-state index < -0.39 is 0 Å². The molecular formula is C16H21Cl2N7O. The number of carbonyl (C=O) groups excluding carboxylic acids is 1. The topological polar surface area (TPSA) is 80.3 Å². The van der Waals surface area contributed by atoms with E-state index in [4.69, 9.17) is 0 Å². The van der Waals surface area contributed by atoms with Crippen molar-refractivity contribution < 1.29 is 4.79 Å². The Morgan fingerprint density at radius 3 is 2.81 bits per heavy atom. The fourth-order valence-corrected chi connectivity index (χ4v) is 3.17. The Bertz CT molecular complexity index is 907. The number of rotatable bonds is 2. The summed E-state index contributed by atoms with van der Waals surface area (Å²) in [5.41, 5.74) is 1.37. The number of imidazole rings is 1. The number of fused-ring (bicyclic) bond motifs is 1. The Morgan fingerprint density at radius 2 is 2.08 bits per heavy atom. The molecule has 1 N–H and O–H groups in total. The molecule has 0 saturated carbocycles. The molecule has 26 heavy (non-hydrogen) atoms. The second-order valence-electron chi connectivity index (χ2n) is 6.01. The van der Waals surface area contributed by atoms with E-state index in [9.17, 15) is 4.79 Å². The Kier molecular flexibility index (Phi) is 6.22. The molecule has 0 bridgehead atoms. The Hall–Kier alpha value is -2.16. The maximum Gasteiger partial charge on any atom is 0.256 e. The second kappa shape index (κ2) is 8.03. The lowest BCUT2D eigenvalue weighted by Crippen LogP contribution is -2.49. The summed E-state index contributed by atoms with van der Waals surface area (Å²) in [6.45, 7) is 4.00. The van der Waals surface area contributed by atoms with Crippen LogP contribution in [0, 0.1) is 6.92 Å². The average Bonchev–Trinajstić information content (AvgIpc) is 3.20. The zero-order valence-corrected chi connectivity index (χ0v) is 16.1. The van der Waals surface area contributed by atoms with Gasteiger partial charge in [0.15, 0.2) is 5.65 Å². The van der Waals surface area contributed by atoms with E-state index in [-0.39, 0.29) is 36.8 Å². The van der Waals surface area contributed by atoms with Crippen molar-refractivity contribution in [3.8, 4) is 0 Å². The smallest absolute Gasteiger partial charge is 0.256 e. The predicted molar refractivity (Wildman–Crippen MR) is 102 cm³/mol. The monoisotopic (exact) mass is 397 g/mol. The van der Waals surface area contributed by atoms with Gasteiger partial charge in [0.25, 0.3) is 5.91 Å². The zero-order chi connectivity index (χ0) is 16.7. The summed E-state index contributed by atoms with van der Waals surface area (Å²) in [4.78, 5) is 19.4. The van der Waals surface area contributed by atoms with Gasteiger partial charge in [-0.1, -0.05) is 0 Å². The molecule has 140 valence electrons. The lowest BCUT2D eigenvalue weighted by molar-refractivity contribution is 0.0620. The minimum absolute atomic E-state index is 0. The summed E-state index contributed by atoms with van der Waals surface area (Å²) >= 11 is 0. The lowest BCUT2D eigenvalue weighted by atomic mass is 10.1. The van der Waals surface area contributed by atoms with Crippen LogP contribution in [-0.2, 0) is 7.05 Å². The van der Waals surface area contributed by atoms with Crippen molar-refractivity contribution in [2.24, 2.45) is 7.05 Å². The first-order valence-corrected chi connectivity index (χ1v) is 7.95. The molecule has 1 unspecified atom stereocenters. The molecule has 1 aliphatic heterocycles. The van der Waals surface area contributed by atoms with Crippen LogP contribution in [0.3, 0.4) is 0 Å². The maximum atomic E-state index is 13.1. The molecule has 0 radical (unpaired) electrons. The van der Waals surface area contributed by atoms with Gasteiger partial charge in [-0.2, -0.15) is 0 Å². The molecule has 3 aromatic heterocycles. The summed E-state index contributed by atoms with van der Waals surface area (Å²) in [7, 11) is 1.95. The molecule has 4 heterocycles. The minimum atomic E-state index is -0.0797. The number of nitrogens with one attached hydrogen (secondary N) is 1. The number of aryl methyl sites for hydroxylation is 2. The number of piperazine rings is 1. The number of aromatic nitrogens is 5. The molecule has 8 nitrogen and oxygen atoms in total. The van der Waals surface area contributed by atoms with Gasteiger partial charge in [-0.3, -0.25) is 9.20 Å². The van der Waals surface area contributed by atoms with Crippen molar-refractivity contribution in [2.75, 3.05) is 19.6 Å². The van der Waals surface area contributed by atoms with E-state index in [1.165, 1.54) is 0 Å². The summed E-state index contributed by atoms with van der Waals surface area (Å²) in [5.74, 6) is 1.65. The van der Waals surface area contributed by atoms with Gasteiger partial charge >= 0.3 is 0 Å². The number of hydrogen-bond donors (Lipinski definition) is 1. The van der Waals surface area contributed by atoms with Gasteiger partial charge in [0.1, 0.15) is 17.7 Å². The van der Waals surface area contributed by atoms with E-state index in [1.54, 1.807) is 6.20 Å². The fraction of sp³-hybridized carbons (Fsp3) is 0.375. The van der Waals surface area contributed by atoms with Crippen LogP contribution in [0.25, 0.3) is 5.65 Å². The number of hydrogen-bond acceptors (Lipinski definition) is 5. The number of pyridine rings is 1. The third-order valence-electron chi connectivity index (χ3n) is 4.48. The Labute approximate surface area is 163 Å². The second-order valence-corrected chi connectivity index (χ2v) is 6.01. The van der Waals surface area contributed by atoms with E-state index >= 15 is 0 Å². The highest BCUT2D eigenvalue weighted by molar-refractivity contribution is 5.94. The number of halogens is 2. The van der Waals surface area contributed by atoms with Crippen molar-refractivity contribution in [3.63, 3.8) is 0 Å². The van der Waals surface area contributed by atoms with E-state index in [2.05, 4.69) is 20.5 Å². The maximum absolute atomic E-state index is 13.1. The van der Waals surface area contributed by atoms with Gasteiger partial charge in [0, 0.05) is 45.3 Å². The molecule has 1 fully saturated rings. The quantitative estimate of drug-likeness (QED) is 0.706.